The molecule has 1 N–H and O–H groups in total. The Kier molecular flexibility index (Phi) is 4.39. The third kappa shape index (κ3) is 3.05. The third-order valence-electron chi connectivity index (χ3n) is 4.53. The van der Waals surface area contributed by atoms with Crippen LogP contribution in [0, 0.1) is 13.8 Å². The highest BCUT2D eigenvalue weighted by atomic mass is 16.2. The van der Waals surface area contributed by atoms with Crippen LogP contribution in [0.3, 0.4) is 0 Å². The minimum atomic E-state index is -0.634. The van der Waals surface area contributed by atoms with Gasteiger partial charge < -0.3 is 10.2 Å². The maximum absolute atomic E-state index is 12.6. The number of nitrogens with one attached hydrogen (secondary N) is 1. The second-order valence-electron chi connectivity index (χ2n) is 6.15. The van der Waals surface area contributed by atoms with Crippen LogP contribution in [0.15, 0.2) is 35.1 Å². The summed E-state index contributed by atoms with van der Waals surface area (Å²) in [6.45, 7) is 3.95. The third-order valence-corrected chi connectivity index (χ3v) is 4.53. The van der Waals surface area contributed by atoms with Crippen LogP contribution >= 0.6 is 0 Å². The molecule has 1 aliphatic rings. The monoisotopic (exact) mass is 340 g/mol. The largest absolute Gasteiger partial charge is 0.340 e. The standard InChI is InChI=1S/C18H20N4O3/c1-11-12(2)20-21(3)18(25)15(11)16(23)19-14-9-10-22(17(14)24)13-7-5-4-6-8-13/h4-8,14H,9-10H2,1-3H3,(H,19,23)/t14-/m1/s1. The van der Waals surface area contributed by atoms with Crippen molar-refractivity contribution < 1.29 is 9.59 Å². The fourth-order valence-electron chi connectivity index (χ4n) is 3.02. The van der Waals surface area contributed by atoms with Gasteiger partial charge in [-0.25, -0.2) is 4.68 Å². The molecule has 7 nitrogen and oxygen atoms in total. The zero-order chi connectivity index (χ0) is 18.1. The highest BCUT2D eigenvalue weighted by Crippen LogP contribution is 2.21. The number of anilines is 1. The van der Waals surface area contributed by atoms with E-state index in [0.717, 1.165) is 10.4 Å². The predicted molar refractivity (Wildman–Crippen MR) is 93.6 cm³/mol. The van der Waals surface area contributed by atoms with Crippen molar-refractivity contribution in [3.63, 3.8) is 0 Å². The number of rotatable bonds is 3. The molecule has 3 rings (SSSR count). The topological polar surface area (TPSA) is 84.3 Å². The molecule has 0 spiro atoms. The van der Waals surface area contributed by atoms with Crippen LogP contribution in [-0.2, 0) is 11.8 Å². The van der Waals surface area contributed by atoms with Gasteiger partial charge in [0.25, 0.3) is 11.5 Å². The van der Waals surface area contributed by atoms with Crippen molar-refractivity contribution in [1.82, 2.24) is 15.1 Å². The SMILES string of the molecule is Cc1nn(C)c(=O)c(C(=O)N[C@@H]2CCN(c3ccccc3)C2=O)c1C. The lowest BCUT2D eigenvalue weighted by Crippen LogP contribution is -2.44. The van der Waals surface area contributed by atoms with Gasteiger partial charge in [-0.15, -0.1) is 0 Å². The van der Waals surface area contributed by atoms with Gasteiger partial charge in [0, 0.05) is 19.3 Å². The summed E-state index contributed by atoms with van der Waals surface area (Å²) in [4.78, 5) is 39.1. The molecule has 1 atom stereocenters. The van der Waals surface area contributed by atoms with E-state index >= 15 is 0 Å². The van der Waals surface area contributed by atoms with Crippen molar-refractivity contribution in [2.45, 2.75) is 26.3 Å². The van der Waals surface area contributed by atoms with Crippen molar-refractivity contribution in [2.24, 2.45) is 7.05 Å². The average Bonchev–Trinajstić information content (AvgIpc) is 2.95. The van der Waals surface area contributed by atoms with E-state index in [0.29, 0.717) is 24.2 Å². The molecule has 130 valence electrons. The van der Waals surface area contributed by atoms with E-state index in [1.54, 1.807) is 18.7 Å². The van der Waals surface area contributed by atoms with Crippen LogP contribution in [0.1, 0.15) is 28.0 Å². The first-order valence-corrected chi connectivity index (χ1v) is 8.12. The number of hydrogen-bond donors (Lipinski definition) is 1. The van der Waals surface area contributed by atoms with Gasteiger partial charge in [0.2, 0.25) is 5.91 Å². The number of aryl methyl sites for hydroxylation is 2. The van der Waals surface area contributed by atoms with E-state index in [2.05, 4.69) is 10.4 Å². The molecule has 1 fully saturated rings. The Hall–Kier alpha value is -2.96. The first kappa shape index (κ1) is 16.9. The summed E-state index contributed by atoms with van der Waals surface area (Å²) < 4.78 is 1.14. The lowest BCUT2D eigenvalue weighted by Gasteiger charge is -2.17. The molecule has 2 amide bonds. The highest BCUT2D eigenvalue weighted by molar-refractivity contribution is 6.04. The minimum absolute atomic E-state index is 0.0426. The lowest BCUT2D eigenvalue weighted by molar-refractivity contribution is -0.118. The summed E-state index contributed by atoms with van der Waals surface area (Å²) in [6.07, 6.45) is 0.503. The second-order valence-corrected chi connectivity index (χ2v) is 6.15. The summed E-state index contributed by atoms with van der Waals surface area (Å²) in [5.41, 5.74) is 1.52. The molecule has 0 aliphatic carbocycles. The van der Waals surface area contributed by atoms with Gasteiger partial charge in [0.1, 0.15) is 11.6 Å². The van der Waals surface area contributed by atoms with E-state index in [9.17, 15) is 14.4 Å². The molecule has 25 heavy (non-hydrogen) atoms. The van der Waals surface area contributed by atoms with Crippen LogP contribution in [-0.4, -0.2) is 34.2 Å². The molecular weight excluding hydrogens is 320 g/mol. The van der Waals surface area contributed by atoms with Crippen molar-refractivity contribution in [2.75, 3.05) is 11.4 Å². The first-order valence-electron chi connectivity index (χ1n) is 8.12. The number of benzene rings is 1. The minimum Gasteiger partial charge on any atom is -0.340 e. The Balaban J connectivity index is 1.81. The Morgan fingerprint density at radius 1 is 1.20 bits per heavy atom. The van der Waals surface area contributed by atoms with E-state index in [4.69, 9.17) is 0 Å². The summed E-state index contributed by atoms with van der Waals surface area (Å²) in [7, 11) is 1.50. The molecule has 2 aromatic rings. The summed E-state index contributed by atoms with van der Waals surface area (Å²) >= 11 is 0. The maximum atomic E-state index is 12.6. The second kappa shape index (κ2) is 6.51. The van der Waals surface area contributed by atoms with Crippen LogP contribution in [0.5, 0.6) is 0 Å². The maximum Gasteiger partial charge on any atom is 0.279 e. The molecule has 0 unspecified atom stereocenters. The van der Waals surface area contributed by atoms with Crippen molar-refractivity contribution in [1.29, 1.82) is 0 Å². The van der Waals surface area contributed by atoms with Gasteiger partial charge in [-0.05, 0) is 38.0 Å². The quantitative estimate of drug-likeness (QED) is 0.901. The molecule has 0 bridgehead atoms. The molecule has 1 aromatic carbocycles. The Labute approximate surface area is 145 Å². The summed E-state index contributed by atoms with van der Waals surface area (Å²) in [5.74, 6) is -0.698. The fraction of sp³-hybridized carbons (Fsp3) is 0.333. The predicted octanol–water partition coefficient (Wildman–Crippen LogP) is 0.932. The Morgan fingerprint density at radius 3 is 2.56 bits per heavy atom. The molecule has 0 radical (unpaired) electrons. The van der Waals surface area contributed by atoms with Crippen LogP contribution < -0.4 is 15.8 Å². The Morgan fingerprint density at radius 2 is 1.88 bits per heavy atom. The van der Waals surface area contributed by atoms with Crippen molar-refractivity contribution in [3.8, 4) is 0 Å². The van der Waals surface area contributed by atoms with E-state index in [1.807, 2.05) is 30.3 Å². The van der Waals surface area contributed by atoms with Gasteiger partial charge in [-0.3, -0.25) is 14.4 Å². The van der Waals surface area contributed by atoms with Gasteiger partial charge >= 0.3 is 0 Å². The Bertz CT molecular complexity index is 889. The van der Waals surface area contributed by atoms with Crippen molar-refractivity contribution in [3.05, 3.63) is 57.5 Å². The summed E-state index contributed by atoms with van der Waals surface area (Å²) in [6, 6.07) is 8.68. The normalized spacial score (nSPS) is 17.0. The highest BCUT2D eigenvalue weighted by Gasteiger charge is 2.34. The van der Waals surface area contributed by atoms with Gasteiger partial charge in [0.05, 0.1) is 5.69 Å². The number of hydrogen-bond acceptors (Lipinski definition) is 4. The molecule has 0 saturated carbocycles. The first-order chi connectivity index (χ1) is 11.9. The number of carbonyl (C=O) groups excluding carboxylic acids is 2. The number of aromatic nitrogens is 2. The molecule has 1 aliphatic heterocycles. The van der Waals surface area contributed by atoms with Gasteiger partial charge in [0.15, 0.2) is 0 Å². The number of para-hydroxylation sites is 1. The number of carbonyl (C=O) groups is 2. The fourth-order valence-corrected chi connectivity index (χ4v) is 3.02. The van der Waals surface area contributed by atoms with Gasteiger partial charge in [-0.1, -0.05) is 18.2 Å². The van der Waals surface area contributed by atoms with Crippen molar-refractivity contribution >= 4 is 17.5 Å². The molecular formula is C18H20N4O3. The zero-order valence-corrected chi connectivity index (χ0v) is 14.4. The molecule has 1 aromatic heterocycles. The van der Waals surface area contributed by atoms with E-state index in [1.165, 1.54) is 7.05 Å². The number of amides is 2. The smallest absolute Gasteiger partial charge is 0.279 e. The zero-order valence-electron chi connectivity index (χ0n) is 14.4. The number of nitrogens with zero attached hydrogens (tertiary/aromatic N) is 3. The molecule has 2 heterocycles. The van der Waals surface area contributed by atoms with Crippen LogP contribution in [0.2, 0.25) is 0 Å². The lowest BCUT2D eigenvalue weighted by atomic mass is 10.1. The average molecular weight is 340 g/mol. The van der Waals surface area contributed by atoms with Crippen LogP contribution in [0.4, 0.5) is 5.69 Å². The van der Waals surface area contributed by atoms with Crippen LogP contribution in [0.25, 0.3) is 0 Å². The van der Waals surface area contributed by atoms with E-state index < -0.39 is 17.5 Å². The summed E-state index contributed by atoms with van der Waals surface area (Å²) in [5, 5.41) is 6.77. The van der Waals surface area contributed by atoms with E-state index in [-0.39, 0.29) is 11.5 Å². The molecule has 1 saturated heterocycles. The van der Waals surface area contributed by atoms with Gasteiger partial charge in [-0.2, -0.15) is 5.10 Å². The molecule has 7 heteroatoms.